The molecule has 7 rings (SSSR count). The number of rotatable bonds is 2. The molecule has 6 heterocycles. The van der Waals surface area contributed by atoms with E-state index in [-0.39, 0.29) is 0 Å². The molecule has 0 N–H and O–H groups in total. The van der Waals surface area contributed by atoms with Gasteiger partial charge in [-0.1, -0.05) is 47.0 Å². The highest BCUT2D eigenvalue weighted by Crippen LogP contribution is 2.69. The van der Waals surface area contributed by atoms with Gasteiger partial charge >= 0.3 is 11.9 Å². The van der Waals surface area contributed by atoms with Crippen LogP contribution in [0.5, 0.6) is 11.5 Å². The number of thioether (sulfide) groups is 4. The minimum absolute atomic E-state index is 0.434. The van der Waals surface area contributed by atoms with E-state index >= 15 is 0 Å². The number of allylic oxidation sites excluding steroid dienone is 1. The molecule has 0 spiro atoms. The fourth-order valence-corrected chi connectivity index (χ4v) is 10.3. The summed E-state index contributed by atoms with van der Waals surface area (Å²) >= 11 is 5.82. The van der Waals surface area contributed by atoms with Gasteiger partial charge in [0.2, 0.25) is 0 Å². The Balaban J connectivity index is 1.44. The molecule has 0 unspecified atom stereocenters. The van der Waals surface area contributed by atoms with Crippen LogP contribution in [0.25, 0.3) is 15.5 Å². The van der Waals surface area contributed by atoms with Crippen LogP contribution in [0, 0.1) is 20.8 Å². The molecule has 0 amide bonds. The molecule has 3 aromatic heterocycles. The second kappa shape index (κ2) is 9.61. The van der Waals surface area contributed by atoms with Crippen LogP contribution in [0.4, 0.5) is 0 Å². The molecule has 0 radical (unpaired) electrons. The highest BCUT2D eigenvalue weighted by molar-refractivity contribution is 8.32. The molecular weight excluding hydrogens is 605 g/mol. The minimum Gasteiger partial charge on any atom is -0.424 e. The summed E-state index contributed by atoms with van der Waals surface area (Å²) in [7, 11) is 0. The summed E-state index contributed by atoms with van der Waals surface area (Å²) in [5.41, 5.74) is 3.26. The summed E-state index contributed by atoms with van der Waals surface area (Å²) < 4.78 is 15.1. The molecule has 0 saturated carbocycles. The zero-order valence-electron chi connectivity index (χ0n) is 22.6. The summed E-state index contributed by atoms with van der Waals surface area (Å²) in [4.78, 5) is 38.3. The number of hydrogen-bond donors (Lipinski definition) is 0. The first-order chi connectivity index (χ1) is 19.6. The van der Waals surface area contributed by atoms with Crippen molar-refractivity contribution in [2.75, 3.05) is 0 Å². The Morgan fingerprint density at radius 2 is 1.32 bits per heavy atom. The number of aromatic nitrogens is 7. The largest absolute Gasteiger partial charge is 0.424 e. The van der Waals surface area contributed by atoms with Gasteiger partial charge in [0, 0.05) is 31.6 Å². The van der Waals surface area contributed by atoms with Crippen molar-refractivity contribution in [3.05, 3.63) is 32.6 Å². The standard InChI is InChI=1S/C25H20N8O4S4/c1-8-7-14(22-26-10(3)30-32(22)28-8)24-38-18-16(36-12(5)34)20-21(17(19(18)39-24)37-13(6)35)41-25(40-20)15-9(2)29-33-23(15)27-11(4)31-33/h7H2,1-6H3. The van der Waals surface area contributed by atoms with E-state index in [2.05, 4.69) is 30.4 Å². The van der Waals surface area contributed by atoms with Crippen molar-refractivity contribution in [1.29, 1.82) is 0 Å². The molecule has 3 aliphatic rings. The average Bonchev–Trinajstić information content (AvgIpc) is 3.68. The normalized spacial score (nSPS) is 15.8. The quantitative estimate of drug-likeness (QED) is 0.231. The lowest BCUT2D eigenvalue weighted by Gasteiger charge is -2.15. The topological polar surface area (TPSA) is 139 Å². The number of carbonyl (C=O) groups excluding carboxylic acids is 2. The number of aryl methyl sites for hydroxylation is 3. The van der Waals surface area contributed by atoms with Crippen molar-refractivity contribution in [3.63, 3.8) is 0 Å². The maximum absolute atomic E-state index is 12.4. The fraction of sp³-hybridized carbons (Fsp3) is 0.280. The molecule has 0 saturated heterocycles. The van der Waals surface area contributed by atoms with Crippen LogP contribution < -0.4 is 14.7 Å². The molecule has 4 aromatic rings. The molecule has 3 aliphatic heterocycles. The van der Waals surface area contributed by atoms with Gasteiger partial charge in [0.05, 0.1) is 39.0 Å². The van der Waals surface area contributed by atoms with Crippen molar-refractivity contribution in [2.45, 2.75) is 67.5 Å². The lowest BCUT2D eigenvalue weighted by Crippen LogP contribution is -2.11. The van der Waals surface area contributed by atoms with Crippen molar-refractivity contribution in [3.8, 4) is 11.5 Å². The number of esters is 2. The highest BCUT2D eigenvalue weighted by atomic mass is 32.2. The molecule has 208 valence electrons. The predicted molar refractivity (Wildman–Crippen MR) is 156 cm³/mol. The summed E-state index contributed by atoms with van der Waals surface area (Å²) in [6.45, 7) is 10.2. The van der Waals surface area contributed by atoms with Crippen molar-refractivity contribution < 1.29 is 19.1 Å². The molecule has 0 aliphatic carbocycles. The van der Waals surface area contributed by atoms with E-state index in [4.69, 9.17) is 9.47 Å². The summed E-state index contributed by atoms with van der Waals surface area (Å²) in [5, 5.41) is 18.6. The number of fused-ring (bicyclic) bond motifs is 4. The van der Waals surface area contributed by atoms with E-state index in [1.54, 1.807) is 4.79 Å². The van der Waals surface area contributed by atoms with Gasteiger partial charge in [0.15, 0.2) is 23.0 Å². The average molecular weight is 625 g/mol. The second-order valence-electron chi connectivity index (χ2n) is 9.44. The Morgan fingerprint density at radius 1 is 0.756 bits per heavy atom. The van der Waals surface area contributed by atoms with E-state index < -0.39 is 11.9 Å². The minimum atomic E-state index is -0.446. The molecule has 0 bridgehead atoms. The third-order valence-electron chi connectivity index (χ3n) is 6.15. The Bertz CT molecular complexity index is 1930. The second-order valence-corrected chi connectivity index (χ2v) is 14.0. The molecular formula is C25H20N8O4S4. The zero-order chi connectivity index (χ0) is 28.7. The summed E-state index contributed by atoms with van der Waals surface area (Å²) in [6.07, 6.45) is 0.589. The van der Waals surface area contributed by atoms with Gasteiger partial charge in [-0.15, -0.1) is 19.6 Å². The van der Waals surface area contributed by atoms with Gasteiger partial charge < -0.3 is 9.47 Å². The van der Waals surface area contributed by atoms with Crippen LogP contribution in [0.2, 0.25) is 0 Å². The Morgan fingerprint density at radius 3 is 1.90 bits per heavy atom. The van der Waals surface area contributed by atoms with Gasteiger partial charge in [-0.05, 0) is 27.7 Å². The van der Waals surface area contributed by atoms with Crippen molar-refractivity contribution in [1.82, 2.24) is 34.7 Å². The number of nitrogens with zero attached hydrogens (tertiary/aromatic N) is 8. The molecule has 41 heavy (non-hydrogen) atoms. The van der Waals surface area contributed by atoms with Crippen LogP contribution in [0.3, 0.4) is 0 Å². The Labute approximate surface area is 249 Å². The van der Waals surface area contributed by atoms with Crippen molar-refractivity contribution >= 4 is 80.2 Å². The summed E-state index contributed by atoms with van der Waals surface area (Å²) in [6, 6.07) is 0. The number of hydrogen-bond acceptors (Lipinski definition) is 14. The smallest absolute Gasteiger partial charge is 0.308 e. The van der Waals surface area contributed by atoms with E-state index in [9.17, 15) is 9.59 Å². The number of ether oxygens (including phenoxy) is 2. The molecule has 16 heteroatoms. The third kappa shape index (κ3) is 4.35. The van der Waals surface area contributed by atoms with Gasteiger partial charge in [-0.25, -0.2) is 9.97 Å². The fourth-order valence-electron chi connectivity index (χ4n) is 4.68. The van der Waals surface area contributed by atoms with E-state index in [0.717, 1.165) is 30.7 Å². The monoisotopic (exact) mass is 624 g/mol. The van der Waals surface area contributed by atoms with E-state index in [1.807, 2.05) is 27.7 Å². The first-order valence-electron chi connectivity index (χ1n) is 12.4. The van der Waals surface area contributed by atoms with E-state index in [0.29, 0.717) is 60.6 Å². The predicted octanol–water partition coefficient (Wildman–Crippen LogP) is 4.37. The first kappa shape index (κ1) is 26.6. The van der Waals surface area contributed by atoms with E-state index in [1.165, 1.54) is 65.5 Å². The Kier molecular flexibility index (Phi) is 6.22. The number of benzene rings is 1. The molecule has 1 aromatic carbocycles. The SMILES string of the molecule is CC(=O)Oc1c2c(c(OC(C)=O)c3c1SC(=c1c(C)nn4nc(C)nc14)S3)SC(=C1CC(C)=Nn3nc(C)nc31)S2. The van der Waals surface area contributed by atoms with Crippen LogP contribution in [-0.4, -0.2) is 52.3 Å². The maximum atomic E-state index is 12.4. The molecule has 0 fully saturated rings. The van der Waals surface area contributed by atoms with Gasteiger partial charge in [0.25, 0.3) is 0 Å². The van der Waals surface area contributed by atoms with Crippen LogP contribution in [-0.2, 0) is 9.59 Å². The van der Waals surface area contributed by atoms with Gasteiger partial charge in [-0.2, -0.15) is 10.2 Å². The van der Waals surface area contributed by atoms with Gasteiger partial charge in [-0.3, -0.25) is 9.59 Å². The molecule has 12 nitrogen and oxygen atoms in total. The molecule has 0 atom stereocenters. The lowest BCUT2D eigenvalue weighted by molar-refractivity contribution is -0.133. The third-order valence-corrected chi connectivity index (χ3v) is 11.4. The zero-order valence-corrected chi connectivity index (χ0v) is 25.8. The van der Waals surface area contributed by atoms with Crippen LogP contribution >= 0.6 is 47.0 Å². The number of carbonyl (C=O) groups is 2. The van der Waals surface area contributed by atoms with Crippen molar-refractivity contribution in [2.24, 2.45) is 5.10 Å². The van der Waals surface area contributed by atoms with Crippen LogP contribution in [0.1, 0.15) is 50.4 Å². The maximum Gasteiger partial charge on any atom is 0.308 e. The summed E-state index contributed by atoms with van der Waals surface area (Å²) in [5.74, 6) is 1.87. The Hall–Kier alpha value is -3.34. The first-order valence-corrected chi connectivity index (χ1v) is 15.6. The lowest BCUT2D eigenvalue weighted by atomic mass is 10.1. The van der Waals surface area contributed by atoms with Crippen LogP contribution in [0.15, 0.2) is 28.9 Å². The highest BCUT2D eigenvalue weighted by Gasteiger charge is 2.40. The van der Waals surface area contributed by atoms with Gasteiger partial charge in [0.1, 0.15) is 11.6 Å².